The molecule has 9 nitrogen and oxygen atoms in total. The highest BCUT2D eigenvalue weighted by atomic mass is 32.2. The van der Waals surface area contributed by atoms with Crippen LogP contribution in [-0.4, -0.2) is 71.2 Å². The van der Waals surface area contributed by atoms with E-state index in [-0.39, 0.29) is 23.8 Å². The second-order valence-corrected chi connectivity index (χ2v) is 8.55. The number of sulfonamides is 1. The number of rotatable bonds is 3. The Morgan fingerprint density at radius 2 is 2.08 bits per heavy atom. The zero-order valence-electron chi connectivity index (χ0n) is 13.8. The molecule has 0 bridgehead atoms. The Balaban J connectivity index is 1.73. The summed E-state index contributed by atoms with van der Waals surface area (Å²) >= 11 is 0. The summed E-state index contributed by atoms with van der Waals surface area (Å²) in [7, 11) is -4.04. The van der Waals surface area contributed by atoms with Gasteiger partial charge >= 0.3 is 5.97 Å². The Kier molecular flexibility index (Phi) is 3.76. The molecule has 140 valence electrons. The van der Waals surface area contributed by atoms with Crippen LogP contribution in [0.15, 0.2) is 23.1 Å². The Labute approximate surface area is 149 Å². The number of ether oxygens (including phenoxy) is 1. The van der Waals surface area contributed by atoms with E-state index in [9.17, 15) is 23.1 Å². The number of aromatic hydroxyl groups is 1. The highest BCUT2D eigenvalue weighted by molar-refractivity contribution is 7.89. The van der Waals surface area contributed by atoms with Crippen LogP contribution < -0.4 is 0 Å². The van der Waals surface area contributed by atoms with Crippen LogP contribution in [0.4, 0.5) is 0 Å². The number of phenols is 1. The van der Waals surface area contributed by atoms with Gasteiger partial charge in [0.25, 0.3) is 0 Å². The van der Waals surface area contributed by atoms with Crippen molar-refractivity contribution in [1.82, 2.24) is 9.21 Å². The predicted octanol–water partition coefficient (Wildman–Crippen LogP) is 0.202. The Hall–Kier alpha value is -2.17. The molecule has 3 fully saturated rings. The van der Waals surface area contributed by atoms with E-state index in [1.807, 2.05) is 0 Å². The molecule has 3 heterocycles. The molecule has 0 aliphatic carbocycles. The number of carbonyl (C=O) groups excluding carboxylic acids is 1. The van der Waals surface area contributed by atoms with Gasteiger partial charge in [0.05, 0.1) is 17.5 Å². The predicted molar refractivity (Wildman–Crippen MR) is 87.0 cm³/mol. The van der Waals surface area contributed by atoms with Crippen LogP contribution in [0.5, 0.6) is 5.75 Å². The molecule has 0 radical (unpaired) electrons. The Morgan fingerprint density at radius 1 is 1.31 bits per heavy atom. The molecular weight excluding hydrogens is 364 g/mol. The molecule has 3 aliphatic rings. The second kappa shape index (κ2) is 5.66. The molecule has 0 unspecified atom stereocenters. The minimum Gasteiger partial charge on any atom is -0.507 e. The van der Waals surface area contributed by atoms with E-state index in [1.165, 1.54) is 10.4 Å². The van der Waals surface area contributed by atoms with Crippen LogP contribution in [0.2, 0.25) is 0 Å². The molecule has 1 aromatic carbocycles. The lowest BCUT2D eigenvalue weighted by Gasteiger charge is -2.42. The van der Waals surface area contributed by atoms with Crippen molar-refractivity contribution in [3.8, 4) is 5.75 Å². The lowest BCUT2D eigenvalue weighted by Crippen LogP contribution is -2.56. The monoisotopic (exact) mass is 382 g/mol. The van der Waals surface area contributed by atoms with Crippen LogP contribution in [0, 0.1) is 0 Å². The topological polar surface area (TPSA) is 124 Å². The molecule has 0 saturated carbocycles. The first-order valence-corrected chi connectivity index (χ1v) is 9.74. The third-order valence-electron chi connectivity index (χ3n) is 5.37. The van der Waals surface area contributed by atoms with Gasteiger partial charge in [0.2, 0.25) is 15.9 Å². The fourth-order valence-electron chi connectivity index (χ4n) is 4.18. The maximum Gasteiger partial charge on any atom is 0.339 e. The van der Waals surface area contributed by atoms with Crippen molar-refractivity contribution in [2.45, 2.75) is 35.9 Å². The van der Waals surface area contributed by atoms with E-state index in [1.54, 1.807) is 4.90 Å². The molecular formula is C16H18N2O7S. The maximum absolute atomic E-state index is 13.1. The molecule has 4 rings (SSSR count). The number of carboxylic acid groups (broad SMARTS) is 1. The summed E-state index contributed by atoms with van der Waals surface area (Å²) in [5.41, 5.74) is -1.41. The lowest BCUT2D eigenvalue weighted by molar-refractivity contribution is -0.178. The molecule has 10 heteroatoms. The zero-order chi connectivity index (χ0) is 18.7. The largest absolute Gasteiger partial charge is 0.507 e. The zero-order valence-corrected chi connectivity index (χ0v) is 14.6. The van der Waals surface area contributed by atoms with Gasteiger partial charge in [0.15, 0.2) is 5.72 Å². The first-order valence-electron chi connectivity index (χ1n) is 8.30. The van der Waals surface area contributed by atoms with Crippen molar-refractivity contribution < 1.29 is 33.0 Å². The first-order chi connectivity index (χ1) is 12.3. The van der Waals surface area contributed by atoms with Crippen LogP contribution in [0.25, 0.3) is 0 Å². The summed E-state index contributed by atoms with van der Waals surface area (Å²) < 4.78 is 33.3. The molecule has 3 aliphatic heterocycles. The van der Waals surface area contributed by atoms with Crippen molar-refractivity contribution in [2.75, 3.05) is 19.7 Å². The van der Waals surface area contributed by atoms with E-state index in [4.69, 9.17) is 9.84 Å². The smallest absolute Gasteiger partial charge is 0.339 e. The van der Waals surface area contributed by atoms with Crippen molar-refractivity contribution in [3.63, 3.8) is 0 Å². The van der Waals surface area contributed by atoms with Gasteiger partial charge in [-0.15, -0.1) is 0 Å². The summed E-state index contributed by atoms with van der Waals surface area (Å²) in [4.78, 5) is 24.9. The van der Waals surface area contributed by atoms with Crippen molar-refractivity contribution in [3.05, 3.63) is 23.8 Å². The third kappa shape index (κ3) is 2.25. The molecule has 3 saturated heterocycles. The van der Waals surface area contributed by atoms with E-state index >= 15 is 0 Å². The van der Waals surface area contributed by atoms with E-state index < -0.39 is 39.1 Å². The first kappa shape index (κ1) is 17.3. The van der Waals surface area contributed by atoms with Crippen LogP contribution in [0.3, 0.4) is 0 Å². The van der Waals surface area contributed by atoms with Crippen molar-refractivity contribution in [1.29, 1.82) is 0 Å². The minimum absolute atomic E-state index is 0.0447. The fraction of sp³-hybridized carbons (Fsp3) is 0.500. The lowest BCUT2D eigenvalue weighted by atomic mass is 10.0. The quantitative estimate of drug-likeness (QED) is 0.765. The van der Waals surface area contributed by atoms with E-state index in [0.29, 0.717) is 26.0 Å². The van der Waals surface area contributed by atoms with Gasteiger partial charge in [-0.2, -0.15) is 4.31 Å². The number of carboxylic acids is 1. The fourth-order valence-corrected chi connectivity index (χ4v) is 5.87. The standard InChI is InChI=1S/C16H18N2O7S/c19-12-3-2-10(8-11(12)15(21)22)26(23,24)18-6-4-16-13(18)9-14(20)17(16)5-1-7-25-16/h2-3,8,13,19H,1,4-7,9H2,(H,21,22)/t13-,16+/m1/s1. The van der Waals surface area contributed by atoms with Gasteiger partial charge in [-0.25, -0.2) is 13.2 Å². The van der Waals surface area contributed by atoms with Crippen LogP contribution in [0.1, 0.15) is 29.6 Å². The minimum atomic E-state index is -4.04. The van der Waals surface area contributed by atoms with Gasteiger partial charge in [-0.1, -0.05) is 0 Å². The van der Waals surface area contributed by atoms with Crippen molar-refractivity contribution >= 4 is 21.9 Å². The maximum atomic E-state index is 13.1. The molecule has 2 N–H and O–H groups in total. The SMILES string of the molecule is O=C(O)c1cc(S(=O)(=O)N2CC[C@@]34OCCCN3C(=O)C[C@@H]24)ccc1O. The van der Waals surface area contributed by atoms with Gasteiger partial charge in [0.1, 0.15) is 11.3 Å². The Morgan fingerprint density at radius 3 is 2.81 bits per heavy atom. The molecule has 1 amide bonds. The average molecular weight is 382 g/mol. The number of benzene rings is 1. The summed E-state index contributed by atoms with van der Waals surface area (Å²) in [5, 5.41) is 18.7. The number of aromatic carboxylic acids is 1. The molecule has 26 heavy (non-hydrogen) atoms. The summed E-state index contributed by atoms with van der Waals surface area (Å²) in [5.74, 6) is -2.06. The van der Waals surface area contributed by atoms with Crippen molar-refractivity contribution in [2.24, 2.45) is 0 Å². The molecule has 1 aromatic rings. The van der Waals surface area contributed by atoms with Crippen LogP contribution >= 0.6 is 0 Å². The van der Waals surface area contributed by atoms with E-state index in [0.717, 1.165) is 12.1 Å². The highest BCUT2D eigenvalue weighted by Crippen LogP contribution is 2.46. The molecule has 1 spiro atoms. The van der Waals surface area contributed by atoms with E-state index in [2.05, 4.69) is 0 Å². The summed E-state index contributed by atoms with van der Waals surface area (Å²) in [6.07, 6.45) is 1.14. The number of hydrogen-bond donors (Lipinski definition) is 2. The van der Waals surface area contributed by atoms with Gasteiger partial charge in [-0.05, 0) is 24.6 Å². The summed E-state index contributed by atoms with van der Waals surface area (Å²) in [6, 6.07) is 2.51. The van der Waals surface area contributed by atoms with Crippen LogP contribution in [-0.2, 0) is 19.6 Å². The number of nitrogens with zero attached hydrogens (tertiary/aromatic N) is 2. The number of amides is 1. The van der Waals surface area contributed by atoms with Gasteiger partial charge < -0.3 is 19.8 Å². The highest BCUT2D eigenvalue weighted by Gasteiger charge is 2.63. The third-order valence-corrected chi connectivity index (χ3v) is 7.27. The molecule has 2 atom stereocenters. The number of carbonyl (C=O) groups is 2. The average Bonchev–Trinajstić information content (AvgIpc) is 3.07. The van der Waals surface area contributed by atoms with Gasteiger partial charge in [-0.3, -0.25) is 4.79 Å². The normalized spacial score (nSPS) is 28.8. The Bertz CT molecular complexity index is 900. The van der Waals surface area contributed by atoms with Gasteiger partial charge in [0, 0.05) is 25.9 Å². The summed E-state index contributed by atoms with van der Waals surface area (Å²) in [6.45, 7) is 1.20. The second-order valence-electron chi connectivity index (χ2n) is 6.66. The molecule has 0 aromatic heterocycles. The number of hydrogen-bond acceptors (Lipinski definition) is 6.